The number of fused-ring (bicyclic) bond motifs is 1. The van der Waals surface area contributed by atoms with Gasteiger partial charge in [-0.05, 0) is 24.3 Å². The first-order chi connectivity index (χ1) is 16.9. The van der Waals surface area contributed by atoms with Crippen molar-refractivity contribution in [2.75, 3.05) is 54.9 Å². The van der Waals surface area contributed by atoms with E-state index in [0.717, 1.165) is 40.9 Å². The lowest BCUT2D eigenvalue weighted by Gasteiger charge is -2.40. The number of ether oxygens (including phenoxy) is 1. The summed E-state index contributed by atoms with van der Waals surface area (Å²) < 4.78 is 5.46. The van der Waals surface area contributed by atoms with Crippen molar-refractivity contribution < 1.29 is 14.6 Å². The normalized spacial score (nSPS) is 23.0. The summed E-state index contributed by atoms with van der Waals surface area (Å²) in [5.74, 6) is -0.140. The first-order valence-electron chi connectivity index (χ1n) is 12.1. The molecule has 1 aromatic carbocycles. The van der Waals surface area contributed by atoms with Gasteiger partial charge in [0.2, 0.25) is 0 Å². The van der Waals surface area contributed by atoms with Gasteiger partial charge in [-0.25, -0.2) is 4.98 Å². The summed E-state index contributed by atoms with van der Waals surface area (Å²) in [5.41, 5.74) is 16.6. The standard InChI is InChI=1S/C26H32N6O3/c1-16-14-32(15-21(28)26(16)34)23-4-5-29-13-18(23)11-24(33)25-20(27)10-17-2-3-19(12-22(17)30-25)31-6-8-35-9-7-31/h2-5,10,12-13,16,21,26,34H,6-9,11,14-15,27-28H2,1H3/t16-,21+,26+/m0/s1. The molecule has 3 atom stereocenters. The second-order valence-electron chi connectivity index (χ2n) is 9.54. The number of nitrogens with two attached hydrogens (primary N) is 2. The van der Waals surface area contributed by atoms with Gasteiger partial charge in [-0.15, -0.1) is 0 Å². The summed E-state index contributed by atoms with van der Waals surface area (Å²) in [5, 5.41) is 11.1. The summed E-state index contributed by atoms with van der Waals surface area (Å²) in [6, 6.07) is 9.41. The number of aliphatic hydroxyl groups excluding tert-OH is 1. The van der Waals surface area contributed by atoms with Gasteiger partial charge in [-0.2, -0.15) is 0 Å². The Labute approximate surface area is 204 Å². The number of piperidine rings is 1. The zero-order valence-electron chi connectivity index (χ0n) is 19.9. The number of rotatable bonds is 5. The van der Waals surface area contributed by atoms with Crippen molar-refractivity contribution in [3.8, 4) is 0 Å². The van der Waals surface area contributed by atoms with Gasteiger partial charge in [-0.3, -0.25) is 9.78 Å². The summed E-state index contributed by atoms with van der Waals surface area (Å²) in [6.45, 7) is 6.19. The molecule has 3 aromatic rings. The van der Waals surface area contributed by atoms with Gasteiger partial charge in [-0.1, -0.05) is 13.0 Å². The van der Waals surface area contributed by atoms with E-state index in [1.807, 2.05) is 31.2 Å². The van der Waals surface area contributed by atoms with Crippen molar-refractivity contribution in [3.05, 3.63) is 54.0 Å². The number of benzene rings is 1. The number of Topliss-reactive ketones (excluding diaryl/α,β-unsaturated/α-hetero) is 1. The molecule has 2 aliphatic heterocycles. The van der Waals surface area contributed by atoms with Crippen molar-refractivity contribution in [1.82, 2.24) is 9.97 Å². The summed E-state index contributed by atoms with van der Waals surface area (Å²) >= 11 is 0. The number of nitrogens with zero attached hydrogens (tertiary/aromatic N) is 4. The second kappa shape index (κ2) is 9.77. The number of hydrogen-bond acceptors (Lipinski definition) is 9. The third kappa shape index (κ3) is 4.80. The highest BCUT2D eigenvalue weighted by molar-refractivity contribution is 6.03. The molecule has 2 aliphatic rings. The number of hydrogen-bond donors (Lipinski definition) is 3. The van der Waals surface area contributed by atoms with E-state index in [0.29, 0.717) is 32.0 Å². The van der Waals surface area contributed by atoms with Crippen molar-refractivity contribution >= 4 is 33.7 Å². The van der Waals surface area contributed by atoms with Crippen LogP contribution in [-0.2, 0) is 11.2 Å². The van der Waals surface area contributed by atoms with Crippen molar-refractivity contribution in [2.45, 2.75) is 25.5 Å². The lowest BCUT2D eigenvalue weighted by Crippen LogP contribution is -2.55. The molecular formula is C26H32N6O3. The maximum atomic E-state index is 13.4. The minimum atomic E-state index is -0.540. The highest BCUT2D eigenvalue weighted by Gasteiger charge is 2.32. The number of ketones is 1. The molecule has 4 heterocycles. The lowest BCUT2D eigenvalue weighted by molar-refractivity contribution is 0.0784. The topological polar surface area (TPSA) is 131 Å². The summed E-state index contributed by atoms with van der Waals surface area (Å²) in [4.78, 5) is 26.7. The largest absolute Gasteiger partial charge is 0.397 e. The van der Waals surface area contributed by atoms with E-state index in [2.05, 4.69) is 25.8 Å². The van der Waals surface area contributed by atoms with Gasteiger partial charge >= 0.3 is 0 Å². The lowest BCUT2D eigenvalue weighted by atomic mass is 9.92. The van der Waals surface area contributed by atoms with Gasteiger partial charge in [0.25, 0.3) is 0 Å². The number of carbonyl (C=O) groups excluding carboxylic acids is 1. The molecule has 5 rings (SSSR count). The second-order valence-corrected chi connectivity index (χ2v) is 9.54. The van der Waals surface area contributed by atoms with E-state index in [1.165, 1.54) is 0 Å². The van der Waals surface area contributed by atoms with E-state index in [1.54, 1.807) is 12.4 Å². The number of morpholine rings is 1. The first kappa shape index (κ1) is 23.5. The van der Waals surface area contributed by atoms with E-state index in [4.69, 9.17) is 16.2 Å². The van der Waals surface area contributed by atoms with E-state index in [9.17, 15) is 9.90 Å². The highest BCUT2D eigenvalue weighted by Crippen LogP contribution is 2.29. The molecule has 2 aromatic heterocycles. The molecule has 0 spiro atoms. The average molecular weight is 477 g/mol. The van der Waals surface area contributed by atoms with Crippen LogP contribution < -0.4 is 21.3 Å². The third-order valence-electron chi connectivity index (χ3n) is 7.00. The Hall–Kier alpha value is -3.27. The van der Waals surface area contributed by atoms with Crippen molar-refractivity contribution in [1.29, 1.82) is 0 Å². The van der Waals surface area contributed by atoms with Crippen molar-refractivity contribution in [3.63, 3.8) is 0 Å². The van der Waals surface area contributed by atoms with Crippen LogP contribution in [0.4, 0.5) is 17.1 Å². The third-order valence-corrected chi connectivity index (χ3v) is 7.00. The van der Waals surface area contributed by atoms with Crippen LogP contribution in [-0.4, -0.2) is 72.4 Å². The molecule has 0 unspecified atom stereocenters. The maximum Gasteiger partial charge on any atom is 0.187 e. The van der Waals surface area contributed by atoms with Crippen molar-refractivity contribution in [2.24, 2.45) is 11.7 Å². The molecule has 0 amide bonds. The Balaban J connectivity index is 1.41. The van der Waals surface area contributed by atoms with Crippen LogP contribution in [0.25, 0.3) is 10.9 Å². The summed E-state index contributed by atoms with van der Waals surface area (Å²) in [6.07, 6.45) is 3.00. The Kier molecular flexibility index (Phi) is 6.55. The zero-order valence-corrected chi connectivity index (χ0v) is 19.9. The van der Waals surface area contributed by atoms with E-state index in [-0.39, 0.29) is 29.9 Å². The fourth-order valence-corrected chi connectivity index (χ4v) is 5.05. The van der Waals surface area contributed by atoms with Crippen LogP contribution in [0.2, 0.25) is 0 Å². The summed E-state index contributed by atoms with van der Waals surface area (Å²) in [7, 11) is 0. The van der Waals surface area contributed by atoms with Crippen LogP contribution >= 0.6 is 0 Å². The van der Waals surface area contributed by atoms with Crippen LogP contribution in [0.1, 0.15) is 23.0 Å². The van der Waals surface area contributed by atoms with E-state index >= 15 is 0 Å². The maximum absolute atomic E-state index is 13.4. The molecule has 184 valence electrons. The Morgan fingerprint density at radius 3 is 2.74 bits per heavy atom. The molecule has 9 nitrogen and oxygen atoms in total. The SMILES string of the molecule is C[C@H]1CN(c2ccncc2CC(=O)c2nc3cc(N4CCOCC4)ccc3cc2N)C[C@@H](N)[C@@H]1O. The Morgan fingerprint density at radius 1 is 1.17 bits per heavy atom. The van der Waals surface area contributed by atoms with Crippen LogP contribution in [0, 0.1) is 5.92 Å². The average Bonchev–Trinajstić information content (AvgIpc) is 2.87. The predicted octanol–water partition coefficient (Wildman–Crippen LogP) is 1.62. The fourth-order valence-electron chi connectivity index (χ4n) is 5.05. The van der Waals surface area contributed by atoms with Crippen LogP contribution in [0.5, 0.6) is 0 Å². The molecule has 0 aliphatic carbocycles. The number of anilines is 3. The molecule has 5 N–H and O–H groups in total. The van der Waals surface area contributed by atoms with Gasteiger partial charge in [0.05, 0.1) is 30.5 Å². The highest BCUT2D eigenvalue weighted by atomic mass is 16.5. The quantitative estimate of drug-likeness (QED) is 0.470. The van der Waals surface area contributed by atoms with Gasteiger partial charge in [0.15, 0.2) is 5.78 Å². The zero-order chi connectivity index (χ0) is 24.5. The van der Waals surface area contributed by atoms with Crippen LogP contribution in [0.3, 0.4) is 0 Å². The molecule has 35 heavy (non-hydrogen) atoms. The fraction of sp³-hybridized carbons (Fsp3) is 0.423. The molecule has 0 bridgehead atoms. The molecule has 2 saturated heterocycles. The molecule has 0 radical (unpaired) electrons. The molecule has 0 saturated carbocycles. The van der Waals surface area contributed by atoms with Gasteiger partial charge < -0.3 is 31.1 Å². The smallest absolute Gasteiger partial charge is 0.187 e. The number of nitrogen functional groups attached to an aromatic ring is 1. The number of carbonyl (C=O) groups is 1. The minimum absolute atomic E-state index is 0.0222. The first-order valence-corrected chi connectivity index (χ1v) is 12.1. The number of aliphatic hydroxyl groups is 1. The minimum Gasteiger partial charge on any atom is -0.397 e. The molecular weight excluding hydrogens is 444 g/mol. The monoisotopic (exact) mass is 476 g/mol. The van der Waals surface area contributed by atoms with Gasteiger partial charge in [0, 0.05) is 79.3 Å². The number of aromatic nitrogens is 2. The Morgan fingerprint density at radius 2 is 1.97 bits per heavy atom. The Bertz CT molecular complexity index is 1220. The number of pyridine rings is 2. The van der Waals surface area contributed by atoms with E-state index < -0.39 is 6.10 Å². The molecule has 9 heteroatoms. The molecule has 2 fully saturated rings. The van der Waals surface area contributed by atoms with Crippen LogP contribution in [0.15, 0.2) is 42.7 Å². The predicted molar refractivity (Wildman–Crippen MR) is 137 cm³/mol. The van der Waals surface area contributed by atoms with Gasteiger partial charge in [0.1, 0.15) is 5.69 Å².